The predicted molar refractivity (Wildman–Crippen MR) is 46.1 cm³/mol. The first-order valence-corrected chi connectivity index (χ1v) is 4.12. The predicted octanol–water partition coefficient (Wildman–Crippen LogP) is 0.496. The fraction of sp³-hybridized carbons (Fsp3) is 0.875. The van der Waals surface area contributed by atoms with E-state index in [9.17, 15) is 4.79 Å². The summed E-state index contributed by atoms with van der Waals surface area (Å²) in [5, 5.41) is 2.79. The van der Waals surface area contributed by atoms with Crippen molar-refractivity contribution in [2.24, 2.45) is 11.7 Å². The third-order valence-electron chi connectivity index (χ3n) is 1.75. The summed E-state index contributed by atoms with van der Waals surface area (Å²) < 4.78 is 0. The van der Waals surface area contributed by atoms with Crippen LogP contribution in [-0.2, 0) is 4.79 Å². The number of amides is 1. The van der Waals surface area contributed by atoms with Crippen molar-refractivity contribution < 1.29 is 4.79 Å². The van der Waals surface area contributed by atoms with Gasteiger partial charge in [-0.25, -0.2) is 0 Å². The van der Waals surface area contributed by atoms with Gasteiger partial charge in [0.2, 0.25) is 5.91 Å². The smallest absolute Gasteiger partial charge is 0.224 e. The third-order valence-corrected chi connectivity index (χ3v) is 1.75. The lowest BCUT2D eigenvalue weighted by molar-refractivity contribution is -0.124. The van der Waals surface area contributed by atoms with E-state index in [0.717, 1.165) is 13.0 Å². The average Bonchev–Trinajstić information content (AvgIpc) is 1.98. The van der Waals surface area contributed by atoms with E-state index in [-0.39, 0.29) is 17.9 Å². The molecule has 2 atom stereocenters. The molecule has 0 spiro atoms. The van der Waals surface area contributed by atoms with Crippen molar-refractivity contribution in [3.8, 4) is 0 Å². The zero-order valence-corrected chi connectivity index (χ0v) is 7.55. The summed E-state index contributed by atoms with van der Waals surface area (Å²) in [5.41, 5.74) is 5.55. The topological polar surface area (TPSA) is 55.1 Å². The highest BCUT2D eigenvalue weighted by Crippen LogP contribution is 1.98. The molecule has 2 unspecified atom stereocenters. The zero-order chi connectivity index (χ0) is 8.85. The fourth-order valence-corrected chi connectivity index (χ4v) is 0.648. The highest BCUT2D eigenvalue weighted by molar-refractivity contribution is 5.78. The van der Waals surface area contributed by atoms with E-state index < -0.39 is 0 Å². The quantitative estimate of drug-likeness (QED) is 0.626. The van der Waals surface area contributed by atoms with Gasteiger partial charge in [-0.2, -0.15) is 0 Å². The summed E-state index contributed by atoms with van der Waals surface area (Å²) in [6.45, 7) is 6.46. The van der Waals surface area contributed by atoms with Gasteiger partial charge in [-0.05, 0) is 13.3 Å². The number of rotatable bonds is 4. The molecule has 1 amide bonds. The van der Waals surface area contributed by atoms with Gasteiger partial charge in [0.25, 0.3) is 0 Å². The van der Waals surface area contributed by atoms with E-state index in [1.165, 1.54) is 0 Å². The van der Waals surface area contributed by atoms with Gasteiger partial charge >= 0.3 is 0 Å². The van der Waals surface area contributed by atoms with Crippen molar-refractivity contribution >= 4 is 5.91 Å². The molecule has 0 heterocycles. The Hall–Kier alpha value is -0.570. The standard InChI is InChI=1S/C8H18N2O/c1-4-5-10-8(11)6(2)7(3)9/h6-7H,4-5,9H2,1-3H3,(H,10,11). The summed E-state index contributed by atoms with van der Waals surface area (Å²) in [6, 6.07) is -0.0631. The lowest BCUT2D eigenvalue weighted by Gasteiger charge is -2.14. The normalized spacial score (nSPS) is 15.6. The molecule has 0 bridgehead atoms. The molecule has 0 saturated carbocycles. The Morgan fingerprint density at radius 1 is 1.55 bits per heavy atom. The number of carbonyl (C=O) groups is 1. The number of nitrogens with two attached hydrogens (primary N) is 1. The molecule has 0 rings (SSSR count). The summed E-state index contributed by atoms with van der Waals surface area (Å²) in [4.78, 5) is 11.2. The molecule has 0 aromatic heterocycles. The molecule has 3 nitrogen and oxygen atoms in total. The van der Waals surface area contributed by atoms with Crippen LogP contribution in [0.3, 0.4) is 0 Å². The second kappa shape index (κ2) is 5.13. The number of hydrogen-bond acceptors (Lipinski definition) is 2. The van der Waals surface area contributed by atoms with Crippen LogP contribution in [0.25, 0.3) is 0 Å². The Labute approximate surface area is 68.3 Å². The van der Waals surface area contributed by atoms with E-state index in [1.54, 1.807) is 0 Å². The Morgan fingerprint density at radius 3 is 2.45 bits per heavy atom. The van der Waals surface area contributed by atoms with Gasteiger partial charge in [-0.1, -0.05) is 13.8 Å². The van der Waals surface area contributed by atoms with Crippen molar-refractivity contribution in [2.45, 2.75) is 33.2 Å². The Morgan fingerprint density at radius 2 is 2.09 bits per heavy atom. The molecule has 0 saturated heterocycles. The molecular formula is C8H18N2O. The van der Waals surface area contributed by atoms with Crippen LogP contribution < -0.4 is 11.1 Å². The largest absolute Gasteiger partial charge is 0.356 e. The maximum absolute atomic E-state index is 11.2. The number of nitrogens with one attached hydrogen (secondary N) is 1. The maximum atomic E-state index is 11.2. The van der Waals surface area contributed by atoms with Crippen LogP contribution in [0.5, 0.6) is 0 Å². The minimum absolute atomic E-state index is 0.0573. The van der Waals surface area contributed by atoms with Crippen molar-refractivity contribution in [3.05, 3.63) is 0 Å². The zero-order valence-electron chi connectivity index (χ0n) is 7.55. The second-order valence-electron chi connectivity index (χ2n) is 2.94. The van der Waals surface area contributed by atoms with Gasteiger partial charge in [0.1, 0.15) is 0 Å². The first-order valence-electron chi connectivity index (χ1n) is 4.12. The molecule has 11 heavy (non-hydrogen) atoms. The Balaban J connectivity index is 3.64. The highest BCUT2D eigenvalue weighted by Gasteiger charge is 2.15. The van der Waals surface area contributed by atoms with Crippen LogP contribution in [0.15, 0.2) is 0 Å². The van der Waals surface area contributed by atoms with Crippen LogP contribution in [0.4, 0.5) is 0 Å². The maximum Gasteiger partial charge on any atom is 0.224 e. The van der Waals surface area contributed by atoms with Crippen LogP contribution in [0.2, 0.25) is 0 Å². The molecule has 0 aromatic rings. The molecule has 0 aliphatic heterocycles. The van der Waals surface area contributed by atoms with Gasteiger partial charge in [-0.15, -0.1) is 0 Å². The number of carbonyl (C=O) groups excluding carboxylic acids is 1. The van der Waals surface area contributed by atoms with E-state index in [2.05, 4.69) is 5.32 Å². The minimum atomic E-state index is -0.0819. The van der Waals surface area contributed by atoms with Gasteiger partial charge in [0.15, 0.2) is 0 Å². The fourth-order valence-electron chi connectivity index (χ4n) is 0.648. The van der Waals surface area contributed by atoms with Crippen LogP contribution in [0.1, 0.15) is 27.2 Å². The molecule has 0 aliphatic rings. The number of hydrogen-bond donors (Lipinski definition) is 2. The first-order chi connectivity index (χ1) is 5.09. The van der Waals surface area contributed by atoms with Gasteiger partial charge < -0.3 is 11.1 Å². The average molecular weight is 158 g/mol. The summed E-state index contributed by atoms with van der Waals surface area (Å²) >= 11 is 0. The SMILES string of the molecule is CCCNC(=O)C(C)C(C)N. The van der Waals surface area contributed by atoms with Gasteiger partial charge in [0, 0.05) is 18.5 Å². The van der Waals surface area contributed by atoms with Gasteiger partial charge in [-0.3, -0.25) is 4.79 Å². The van der Waals surface area contributed by atoms with Gasteiger partial charge in [0.05, 0.1) is 0 Å². The first kappa shape index (κ1) is 10.4. The highest BCUT2D eigenvalue weighted by atomic mass is 16.1. The summed E-state index contributed by atoms with van der Waals surface area (Å²) in [6.07, 6.45) is 0.970. The molecule has 3 N–H and O–H groups in total. The van der Waals surface area contributed by atoms with E-state index >= 15 is 0 Å². The van der Waals surface area contributed by atoms with Crippen LogP contribution >= 0.6 is 0 Å². The van der Waals surface area contributed by atoms with Crippen molar-refractivity contribution in [3.63, 3.8) is 0 Å². The lowest BCUT2D eigenvalue weighted by Crippen LogP contribution is -2.38. The molecule has 0 fully saturated rings. The lowest BCUT2D eigenvalue weighted by atomic mass is 10.0. The third kappa shape index (κ3) is 3.98. The Bertz CT molecular complexity index is 123. The monoisotopic (exact) mass is 158 g/mol. The molecule has 0 aromatic carbocycles. The molecule has 3 heteroatoms. The van der Waals surface area contributed by atoms with Crippen molar-refractivity contribution in [1.82, 2.24) is 5.32 Å². The second-order valence-corrected chi connectivity index (χ2v) is 2.94. The molecule has 66 valence electrons. The van der Waals surface area contributed by atoms with Crippen molar-refractivity contribution in [2.75, 3.05) is 6.54 Å². The summed E-state index contributed by atoms with van der Waals surface area (Å²) in [7, 11) is 0. The van der Waals surface area contributed by atoms with Crippen molar-refractivity contribution in [1.29, 1.82) is 0 Å². The van der Waals surface area contributed by atoms with E-state index in [0.29, 0.717) is 0 Å². The molecular weight excluding hydrogens is 140 g/mol. The molecule has 0 radical (unpaired) electrons. The van der Waals surface area contributed by atoms with E-state index in [1.807, 2.05) is 20.8 Å². The van der Waals surface area contributed by atoms with E-state index in [4.69, 9.17) is 5.73 Å². The van der Waals surface area contributed by atoms with Crippen LogP contribution in [-0.4, -0.2) is 18.5 Å². The minimum Gasteiger partial charge on any atom is -0.356 e. The Kier molecular flexibility index (Phi) is 4.86. The summed E-state index contributed by atoms with van der Waals surface area (Å²) in [5.74, 6) is -0.0246. The molecule has 0 aliphatic carbocycles. The van der Waals surface area contributed by atoms with Crippen LogP contribution in [0, 0.1) is 5.92 Å².